The largest absolute Gasteiger partial charge is 0.453 e. The highest BCUT2D eigenvalue weighted by atomic mass is 127. The molecule has 0 spiro atoms. The van der Waals surface area contributed by atoms with Crippen LogP contribution in [0.1, 0.15) is 38.5 Å². The van der Waals surface area contributed by atoms with Gasteiger partial charge in [0, 0.05) is 3.42 Å². The van der Waals surface area contributed by atoms with Crippen LogP contribution in [0.5, 0.6) is 0 Å². The van der Waals surface area contributed by atoms with Gasteiger partial charge in [0.15, 0.2) is 0 Å². The number of methoxy groups -OCH3 is 1. The SMILES string of the molecule is COC(=O)N[C@]12CC=CC[C@@]1(I)CCCC2. The number of hydrogen-bond acceptors (Lipinski definition) is 2. The van der Waals surface area contributed by atoms with Crippen LogP contribution in [0.2, 0.25) is 0 Å². The number of carbonyl (C=O) groups excluding carboxylic acids is 1. The minimum absolute atomic E-state index is 0.0896. The first-order chi connectivity index (χ1) is 7.62. The van der Waals surface area contributed by atoms with Crippen molar-refractivity contribution >= 4 is 28.7 Å². The first kappa shape index (κ1) is 12.2. The topological polar surface area (TPSA) is 38.3 Å². The zero-order valence-corrected chi connectivity index (χ0v) is 11.7. The van der Waals surface area contributed by atoms with E-state index < -0.39 is 0 Å². The van der Waals surface area contributed by atoms with Gasteiger partial charge in [0.1, 0.15) is 0 Å². The summed E-state index contributed by atoms with van der Waals surface area (Å²) in [6.45, 7) is 0. The van der Waals surface area contributed by atoms with E-state index in [2.05, 4.69) is 40.1 Å². The van der Waals surface area contributed by atoms with Crippen LogP contribution in [-0.2, 0) is 4.74 Å². The monoisotopic (exact) mass is 335 g/mol. The zero-order chi connectivity index (χ0) is 11.6. The van der Waals surface area contributed by atoms with Crippen LogP contribution < -0.4 is 5.32 Å². The Kier molecular flexibility index (Phi) is 3.47. The number of alkyl halides is 1. The molecular formula is C12H18INO2. The van der Waals surface area contributed by atoms with Gasteiger partial charge in [-0.25, -0.2) is 4.79 Å². The van der Waals surface area contributed by atoms with Crippen LogP contribution in [0.3, 0.4) is 0 Å². The molecule has 0 heterocycles. The van der Waals surface area contributed by atoms with Crippen molar-refractivity contribution in [2.45, 2.75) is 47.5 Å². The molecule has 2 aliphatic carbocycles. The third kappa shape index (κ3) is 1.96. The molecule has 0 aromatic carbocycles. The predicted octanol–water partition coefficient (Wildman–Crippen LogP) is 3.18. The molecule has 16 heavy (non-hydrogen) atoms. The number of carbonyl (C=O) groups is 1. The van der Waals surface area contributed by atoms with E-state index >= 15 is 0 Å². The second kappa shape index (κ2) is 4.55. The van der Waals surface area contributed by atoms with Gasteiger partial charge < -0.3 is 10.1 Å². The van der Waals surface area contributed by atoms with Gasteiger partial charge in [0.2, 0.25) is 0 Å². The van der Waals surface area contributed by atoms with Crippen molar-refractivity contribution < 1.29 is 9.53 Å². The van der Waals surface area contributed by atoms with Gasteiger partial charge in [-0.2, -0.15) is 0 Å². The molecule has 0 aromatic rings. The Morgan fingerprint density at radius 2 is 2.00 bits per heavy atom. The summed E-state index contributed by atoms with van der Waals surface area (Å²) in [5.74, 6) is 0. The van der Waals surface area contributed by atoms with Crippen molar-refractivity contribution in [2.75, 3.05) is 7.11 Å². The van der Waals surface area contributed by atoms with E-state index in [0.29, 0.717) is 0 Å². The van der Waals surface area contributed by atoms with Gasteiger partial charge in [0.25, 0.3) is 0 Å². The molecule has 4 heteroatoms. The number of rotatable bonds is 1. The van der Waals surface area contributed by atoms with Gasteiger partial charge >= 0.3 is 6.09 Å². The zero-order valence-electron chi connectivity index (χ0n) is 9.59. The number of nitrogens with one attached hydrogen (secondary N) is 1. The summed E-state index contributed by atoms with van der Waals surface area (Å²) < 4.78 is 4.94. The van der Waals surface area contributed by atoms with Crippen molar-refractivity contribution in [3.63, 3.8) is 0 Å². The molecule has 1 saturated carbocycles. The quantitative estimate of drug-likeness (QED) is 0.454. The van der Waals surface area contributed by atoms with Crippen LogP contribution in [0.4, 0.5) is 4.79 Å². The molecule has 0 saturated heterocycles. The lowest BCUT2D eigenvalue weighted by Crippen LogP contribution is -2.63. The fourth-order valence-electron chi connectivity index (χ4n) is 2.90. The average molecular weight is 335 g/mol. The minimum atomic E-state index is -0.293. The van der Waals surface area contributed by atoms with Crippen LogP contribution >= 0.6 is 22.6 Å². The maximum atomic E-state index is 11.5. The van der Waals surface area contributed by atoms with Gasteiger partial charge in [-0.1, -0.05) is 47.6 Å². The molecule has 1 fully saturated rings. The molecule has 0 unspecified atom stereocenters. The molecule has 0 radical (unpaired) electrons. The van der Waals surface area contributed by atoms with Crippen molar-refractivity contribution in [1.82, 2.24) is 5.32 Å². The van der Waals surface area contributed by atoms with Gasteiger partial charge in [-0.15, -0.1) is 0 Å². The van der Waals surface area contributed by atoms with E-state index in [4.69, 9.17) is 4.74 Å². The second-order valence-corrected chi connectivity index (χ2v) is 6.82. The smallest absolute Gasteiger partial charge is 0.407 e. The Balaban J connectivity index is 2.25. The lowest BCUT2D eigenvalue weighted by atomic mass is 9.67. The van der Waals surface area contributed by atoms with E-state index in [0.717, 1.165) is 19.3 Å². The fraction of sp³-hybridized carbons (Fsp3) is 0.750. The lowest BCUT2D eigenvalue weighted by molar-refractivity contribution is 0.128. The first-order valence-corrected chi connectivity index (χ1v) is 6.90. The molecule has 2 atom stereocenters. The summed E-state index contributed by atoms with van der Waals surface area (Å²) >= 11 is 2.55. The highest BCUT2D eigenvalue weighted by Crippen LogP contribution is 2.50. The van der Waals surface area contributed by atoms with E-state index in [-0.39, 0.29) is 15.1 Å². The molecule has 0 aromatic heterocycles. The van der Waals surface area contributed by atoms with E-state index in [1.54, 1.807) is 0 Å². The highest BCUT2D eigenvalue weighted by Gasteiger charge is 2.52. The minimum Gasteiger partial charge on any atom is -0.453 e. The Bertz CT molecular complexity index is 318. The Morgan fingerprint density at radius 3 is 2.75 bits per heavy atom. The van der Waals surface area contributed by atoms with Crippen molar-refractivity contribution in [3.05, 3.63) is 12.2 Å². The van der Waals surface area contributed by atoms with E-state index in [1.807, 2.05) is 0 Å². The summed E-state index contributed by atoms with van der Waals surface area (Å²) in [4.78, 5) is 11.5. The first-order valence-electron chi connectivity index (χ1n) is 5.82. The predicted molar refractivity (Wildman–Crippen MR) is 71.9 cm³/mol. The number of hydrogen-bond donors (Lipinski definition) is 1. The van der Waals surface area contributed by atoms with Crippen LogP contribution in [0.25, 0.3) is 0 Å². The third-order valence-electron chi connectivity index (χ3n) is 3.89. The summed E-state index contributed by atoms with van der Waals surface area (Å²) in [5.41, 5.74) is -0.0896. The summed E-state index contributed by atoms with van der Waals surface area (Å²) in [5, 5.41) is 3.10. The standard InChI is InChI=1S/C12H18INO2/c1-16-10(15)14-12-8-4-2-6-11(12,13)7-3-5-9-12/h2,4H,3,5-9H2,1H3,(H,14,15)/t11-,12+/m1/s1. The second-order valence-electron chi connectivity index (χ2n) is 4.75. The molecule has 0 aliphatic heterocycles. The van der Waals surface area contributed by atoms with Crippen LogP contribution in [0.15, 0.2) is 12.2 Å². The molecule has 3 nitrogen and oxygen atoms in total. The molecule has 90 valence electrons. The number of alkyl carbamates (subject to hydrolysis) is 1. The molecule has 1 N–H and O–H groups in total. The molecule has 2 aliphatic rings. The lowest BCUT2D eigenvalue weighted by Gasteiger charge is -2.52. The van der Waals surface area contributed by atoms with Gasteiger partial charge in [-0.3, -0.25) is 0 Å². The number of allylic oxidation sites excluding steroid dienone is 1. The maximum absolute atomic E-state index is 11.5. The fourth-order valence-corrected chi connectivity index (χ4v) is 4.16. The normalized spacial score (nSPS) is 37.6. The summed E-state index contributed by atoms with van der Waals surface area (Å²) in [6.07, 6.45) is 10.8. The number of amides is 1. The van der Waals surface area contributed by atoms with Gasteiger partial charge in [0.05, 0.1) is 12.6 Å². The van der Waals surface area contributed by atoms with Gasteiger partial charge in [-0.05, 0) is 25.7 Å². The van der Waals surface area contributed by atoms with Crippen LogP contribution in [-0.4, -0.2) is 22.2 Å². The Morgan fingerprint density at radius 1 is 1.31 bits per heavy atom. The number of fused-ring (bicyclic) bond motifs is 1. The molecule has 2 rings (SSSR count). The van der Waals surface area contributed by atoms with Crippen molar-refractivity contribution in [3.8, 4) is 0 Å². The van der Waals surface area contributed by atoms with Crippen LogP contribution in [0, 0.1) is 0 Å². The maximum Gasteiger partial charge on any atom is 0.407 e. The number of ether oxygens (including phenoxy) is 1. The van der Waals surface area contributed by atoms with Crippen molar-refractivity contribution in [1.29, 1.82) is 0 Å². The van der Waals surface area contributed by atoms with Crippen molar-refractivity contribution in [2.24, 2.45) is 0 Å². The number of halogens is 1. The third-order valence-corrected chi connectivity index (χ3v) is 5.90. The van der Waals surface area contributed by atoms with E-state index in [9.17, 15) is 4.79 Å². The highest BCUT2D eigenvalue weighted by molar-refractivity contribution is 14.1. The molecule has 0 bridgehead atoms. The average Bonchev–Trinajstić information content (AvgIpc) is 2.29. The Labute approximate surface area is 110 Å². The summed E-state index contributed by atoms with van der Waals surface area (Å²) in [7, 11) is 1.43. The Hall–Kier alpha value is -0.260. The molecular weight excluding hydrogens is 317 g/mol. The molecule has 1 amide bonds. The van der Waals surface area contributed by atoms with E-state index in [1.165, 1.54) is 26.4 Å². The summed E-state index contributed by atoms with van der Waals surface area (Å²) in [6, 6.07) is 0.